The van der Waals surface area contributed by atoms with Crippen molar-refractivity contribution in [1.29, 1.82) is 0 Å². The zero-order valence-corrected chi connectivity index (χ0v) is 9.82. The first kappa shape index (κ1) is 12.2. The molecule has 0 aliphatic carbocycles. The molecule has 0 spiro atoms. The third-order valence-corrected chi connectivity index (χ3v) is 2.69. The van der Waals surface area contributed by atoms with Gasteiger partial charge in [0.25, 0.3) is 0 Å². The van der Waals surface area contributed by atoms with Crippen LogP contribution in [0.25, 0.3) is 0 Å². The van der Waals surface area contributed by atoms with E-state index in [4.69, 9.17) is 9.47 Å². The van der Waals surface area contributed by atoms with E-state index in [1.54, 1.807) is 14.2 Å². The Morgan fingerprint density at radius 2 is 1.93 bits per heavy atom. The van der Waals surface area contributed by atoms with E-state index >= 15 is 0 Å². The molecule has 0 radical (unpaired) electrons. The van der Waals surface area contributed by atoms with Crippen molar-refractivity contribution < 1.29 is 9.47 Å². The highest BCUT2D eigenvalue weighted by molar-refractivity contribution is 5.26. The molecular weight excluding hydrogens is 188 g/mol. The van der Waals surface area contributed by atoms with Gasteiger partial charge in [0.1, 0.15) is 0 Å². The van der Waals surface area contributed by atoms with E-state index in [2.05, 4.69) is 31.2 Å². The second-order valence-corrected chi connectivity index (χ2v) is 3.77. The molecule has 1 aromatic rings. The van der Waals surface area contributed by atoms with E-state index in [-0.39, 0.29) is 6.10 Å². The Morgan fingerprint density at radius 3 is 2.53 bits per heavy atom. The predicted octanol–water partition coefficient (Wildman–Crippen LogP) is 2.59. The Bertz CT molecular complexity index is 284. The maximum atomic E-state index is 5.43. The summed E-state index contributed by atoms with van der Waals surface area (Å²) in [6.45, 7) is 2.89. The van der Waals surface area contributed by atoms with E-state index in [1.807, 2.05) is 0 Å². The fourth-order valence-electron chi connectivity index (χ4n) is 1.64. The summed E-state index contributed by atoms with van der Waals surface area (Å²) in [6, 6.07) is 8.44. The standard InChI is InChI=1S/C13H20O2/c1-11-6-4-5-7-12(11)10-13(15-3)8-9-14-2/h4-7,13H,8-10H2,1-3H3. The first-order valence-electron chi connectivity index (χ1n) is 5.34. The summed E-state index contributed by atoms with van der Waals surface area (Å²) in [5.41, 5.74) is 2.69. The monoisotopic (exact) mass is 208 g/mol. The highest BCUT2D eigenvalue weighted by atomic mass is 16.5. The summed E-state index contributed by atoms with van der Waals surface area (Å²) >= 11 is 0. The van der Waals surface area contributed by atoms with Crippen LogP contribution in [0.15, 0.2) is 24.3 Å². The van der Waals surface area contributed by atoms with Crippen molar-refractivity contribution >= 4 is 0 Å². The molecule has 1 rings (SSSR count). The molecule has 1 unspecified atom stereocenters. The number of ether oxygens (including phenoxy) is 2. The Balaban J connectivity index is 2.54. The summed E-state index contributed by atoms with van der Waals surface area (Å²) in [4.78, 5) is 0. The number of hydrogen-bond acceptors (Lipinski definition) is 2. The SMILES string of the molecule is COCCC(Cc1ccccc1C)OC. The van der Waals surface area contributed by atoms with E-state index < -0.39 is 0 Å². The molecule has 0 aliphatic rings. The van der Waals surface area contributed by atoms with E-state index in [1.165, 1.54) is 11.1 Å². The number of aryl methyl sites for hydroxylation is 1. The molecule has 1 aromatic carbocycles. The molecule has 0 heterocycles. The Hall–Kier alpha value is -0.860. The van der Waals surface area contributed by atoms with Crippen molar-refractivity contribution in [3.05, 3.63) is 35.4 Å². The van der Waals surface area contributed by atoms with Gasteiger partial charge in [-0.1, -0.05) is 24.3 Å². The average Bonchev–Trinajstić information content (AvgIpc) is 2.26. The van der Waals surface area contributed by atoms with Crippen LogP contribution >= 0.6 is 0 Å². The molecule has 0 N–H and O–H groups in total. The third-order valence-electron chi connectivity index (χ3n) is 2.69. The van der Waals surface area contributed by atoms with Gasteiger partial charge in [-0.25, -0.2) is 0 Å². The van der Waals surface area contributed by atoms with Gasteiger partial charge in [0.15, 0.2) is 0 Å². The zero-order valence-electron chi connectivity index (χ0n) is 9.82. The minimum Gasteiger partial charge on any atom is -0.385 e. The van der Waals surface area contributed by atoms with Gasteiger partial charge in [-0.3, -0.25) is 0 Å². The largest absolute Gasteiger partial charge is 0.385 e. The van der Waals surface area contributed by atoms with Gasteiger partial charge in [0.2, 0.25) is 0 Å². The molecule has 15 heavy (non-hydrogen) atoms. The lowest BCUT2D eigenvalue weighted by atomic mass is 10.0. The predicted molar refractivity (Wildman–Crippen MR) is 62.2 cm³/mol. The van der Waals surface area contributed by atoms with Gasteiger partial charge < -0.3 is 9.47 Å². The number of methoxy groups -OCH3 is 2. The molecular formula is C13H20O2. The van der Waals surface area contributed by atoms with Gasteiger partial charge >= 0.3 is 0 Å². The minimum atomic E-state index is 0.256. The maximum Gasteiger partial charge on any atom is 0.0633 e. The summed E-state index contributed by atoms with van der Waals surface area (Å²) in [6.07, 6.45) is 2.17. The molecule has 2 heteroatoms. The summed E-state index contributed by atoms with van der Waals surface area (Å²) < 4.78 is 10.5. The molecule has 0 bridgehead atoms. The van der Waals surface area contributed by atoms with Crippen molar-refractivity contribution in [1.82, 2.24) is 0 Å². The van der Waals surface area contributed by atoms with Crippen LogP contribution in [0.3, 0.4) is 0 Å². The Morgan fingerprint density at radius 1 is 1.20 bits per heavy atom. The minimum absolute atomic E-state index is 0.256. The van der Waals surface area contributed by atoms with Gasteiger partial charge in [-0.2, -0.15) is 0 Å². The first-order chi connectivity index (χ1) is 7.27. The number of benzene rings is 1. The lowest BCUT2D eigenvalue weighted by Crippen LogP contribution is -2.16. The maximum absolute atomic E-state index is 5.43. The lowest BCUT2D eigenvalue weighted by molar-refractivity contribution is 0.0667. The number of rotatable bonds is 6. The second-order valence-electron chi connectivity index (χ2n) is 3.77. The van der Waals surface area contributed by atoms with Crippen LogP contribution in [-0.4, -0.2) is 26.9 Å². The highest BCUT2D eigenvalue weighted by Crippen LogP contribution is 2.12. The van der Waals surface area contributed by atoms with Gasteiger partial charge in [-0.05, 0) is 30.9 Å². The number of hydrogen-bond donors (Lipinski definition) is 0. The van der Waals surface area contributed by atoms with E-state index in [9.17, 15) is 0 Å². The van der Waals surface area contributed by atoms with Gasteiger partial charge in [0.05, 0.1) is 6.10 Å². The summed E-state index contributed by atoms with van der Waals surface area (Å²) in [5.74, 6) is 0. The normalized spacial score (nSPS) is 12.7. The quantitative estimate of drug-likeness (QED) is 0.715. The van der Waals surface area contributed by atoms with Gasteiger partial charge in [0, 0.05) is 20.8 Å². The topological polar surface area (TPSA) is 18.5 Å². The zero-order chi connectivity index (χ0) is 11.1. The van der Waals surface area contributed by atoms with Crippen molar-refractivity contribution in [2.45, 2.75) is 25.9 Å². The molecule has 0 aliphatic heterocycles. The van der Waals surface area contributed by atoms with Crippen molar-refractivity contribution in [3.63, 3.8) is 0 Å². The Labute approximate surface area is 92.2 Å². The van der Waals surface area contributed by atoms with E-state index in [0.29, 0.717) is 0 Å². The Kier molecular flexibility index (Phi) is 5.37. The van der Waals surface area contributed by atoms with Crippen LogP contribution in [0.2, 0.25) is 0 Å². The molecule has 0 amide bonds. The smallest absolute Gasteiger partial charge is 0.0633 e. The average molecular weight is 208 g/mol. The van der Waals surface area contributed by atoms with Crippen LogP contribution in [0.5, 0.6) is 0 Å². The van der Waals surface area contributed by atoms with Crippen LogP contribution < -0.4 is 0 Å². The first-order valence-corrected chi connectivity index (χ1v) is 5.34. The highest BCUT2D eigenvalue weighted by Gasteiger charge is 2.09. The van der Waals surface area contributed by atoms with Crippen molar-refractivity contribution in [3.8, 4) is 0 Å². The molecule has 1 atom stereocenters. The molecule has 84 valence electrons. The summed E-state index contributed by atoms with van der Waals surface area (Å²) in [7, 11) is 3.49. The van der Waals surface area contributed by atoms with Crippen LogP contribution in [0, 0.1) is 6.92 Å². The van der Waals surface area contributed by atoms with Crippen molar-refractivity contribution in [2.24, 2.45) is 0 Å². The lowest BCUT2D eigenvalue weighted by Gasteiger charge is -2.16. The molecule has 0 saturated heterocycles. The van der Waals surface area contributed by atoms with Crippen LogP contribution in [0.4, 0.5) is 0 Å². The second kappa shape index (κ2) is 6.59. The third kappa shape index (κ3) is 4.02. The molecule has 0 saturated carbocycles. The fourth-order valence-corrected chi connectivity index (χ4v) is 1.64. The van der Waals surface area contributed by atoms with Crippen LogP contribution in [0.1, 0.15) is 17.5 Å². The van der Waals surface area contributed by atoms with Crippen LogP contribution in [-0.2, 0) is 15.9 Å². The van der Waals surface area contributed by atoms with E-state index in [0.717, 1.165) is 19.4 Å². The van der Waals surface area contributed by atoms with Crippen molar-refractivity contribution in [2.75, 3.05) is 20.8 Å². The molecule has 0 fully saturated rings. The molecule has 0 aromatic heterocycles. The summed E-state index contributed by atoms with van der Waals surface area (Å²) in [5, 5.41) is 0. The molecule has 2 nitrogen and oxygen atoms in total. The van der Waals surface area contributed by atoms with Gasteiger partial charge in [-0.15, -0.1) is 0 Å². The fraction of sp³-hybridized carbons (Fsp3) is 0.538.